The van der Waals surface area contributed by atoms with Gasteiger partial charge in [0.15, 0.2) is 5.79 Å². The molecule has 0 bridgehead atoms. The van der Waals surface area contributed by atoms with Gasteiger partial charge in [-0.25, -0.2) is 0 Å². The monoisotopic (exact) mass is 223 g/mol. The number of hydrogen-bond acceptors (Lipinski definition) is 4. The van der Waals surface area contributed by atoms with Crippen LogP contribution in [0.5, 0.6) is 0 Å². The first-order chi connectivity index (χ1) is 7.78. The molecule has 4 nitrogen and oxygen atoms in total. The number of ether oxygens (including phenoxy) is 2. The lowest BCUT2D eigenvalue weighted by Gasteiger charge is -2.42. The highest BCUT2D eigenvalue weighted by atomic mass is 16.7. The van der Waals surface area contributed by atoms with Gasteiger partial charge in [0.2, 0.25) is 0 Å². The van der Waals surface area contributed by atoms with Crippen molar-refractivity contribution in [3.05, 3.63) is 0 Å². The highest BCUT2D eigenvalue weighted by Crippen LogP contribution is 2.41. The minimum absolute atomic E-state index is 0.0669. The molecule has 0 radical (unpaired) electrons. The van der Waals surface area contributed by atoms with Crippen LogP contribution >= 0.6 is 0 Å². The molecule has 2 aliphatic rings. The molecular weight excluding hydrogens is 206 g/mol. The predicted molar refractivity (Wildman–Crippen MR) is 56.5 cm³/mol. The molecule has 16 heavy (non-hydrogen) atoms. The van der Waals surface area contributed by atoms with Gasteiger partial charge in [0.05, 0.1) is 24.7 Å². The van der Waals surface area contributed by atoms with Gasteiger partial charge in [-0.15, -0.1) is 0 Å². The van der Waals surface area contributed by atoms with E-state index >= 15 is 0 Å². The first kappa shape index (κ1) is 11.6. The quantitative estimate of drug-likeness (QED) is 0.686. The van der Waals surface area contributed by atoms with Crippen molar-refractivity contribution in [2.24, 2.45) is 0 Å². The summed E-state index contributed by atoms with van der Waals surface area (Å²) in [6.07, 6.45) is 6.21. The standard InChI is InChI=1S/C12H17NO3/c13-7-3-10-9-11(4-8-14)16-12(15-10)5-1-2-6-12/h8,10-11H,1-6,9H2. The lowest BCUT2D eigenvalue weighted by Crippen LogP contribution is -2.46. The fourth-order valence-electron chi connectivity index (χ4n) is 2.65. The summed E-state index contributed by atoms with van der Waals surface area (Å²) in [5.41, 5.74) is 0. The maximum Gasteiger partial charge on any atom is 0.169 e. The van der Waals surface area contributed by atoms with Gasteiger partial charge in [-0.2, -0.15) is 5.26 Å². The van der Waals surface area contributed by atoms with Crippen molar-refractivity contribution in [2.75, 3.05) is 0 Å². The fraction of sp³-hybridized carbons (Fsp3) is 0.833. The zero-order valence-corrected chi connectivity index (χ0v) is 9.35. The molecule has 2 rings (SSSR count). The third-order valence-corrected chi connectivity index (χ3v) is 3.33. The van der Waals surface area contributed by atoms with Crippen molar-refractivity contribution in [1.29, 1.82) is 5.26 Å². The minimum Gasteiger partial charge on any atom is -0.346 e. The Hall–Kier alpha value is -0.920. The number of nitriles is 1. The lowest BCUT2D eigenvalue weighted by molar-refractivity contribution is -0.312. The molecule has 88 valence electrons. The Morgan fingerprint density at radius 3 is 2.62 bits per heavy atom. The van der Waals surface area contributed by atoms with Crippen LogP contribution in [0.4, 0.5) is 0 Å². The topological polar surface area (TPSA) is 59.3 Å². The summed E-state index contributed by atoms with van der Waals surface area (Å²) in [4.78, 5) is 10.6. The van der Waals surface area contributed by atoms with Crippen LogP contribution in [0, 0.1) is 11.3 Å². The smallest absolute Gasteiger partial charge is 0.169 e. The number of aldehydes is 1. The van der Waals surface area contributed by atoms with E-state index in [4.69, 9.17) is 14.7 Å². The van der Waals surface area contributed by atoms with Crippen molar-refractivity contribution in [3.63, 3.8) is 0 Å². The molecule has 1 spiro atoms. The van der Waals surface area contributed by atoms with Crippen LogP contribution in [0.2, 0.25) is 0 Å². The van der Waals surface area contributed by atoms with Gasteiger partial charge in [-0.3, -0.25) is 0 Å². The molecule has 2 fully saturated rings. The van der Waals surface area contributed by atoms with Gasteiger partial charge in [-0.1, -0.05) is 0 Å². The average molecular weight is 223 g/mol. The highest BCUT2D eigenvalue weighted by Gasteiger charge is 2.44. The largest absolute Gasteiger partial charge is 0.346 e. The maximum absolute atomic E-state index is 10.6. The fourth-order valence-corrected chi connectivity index (χ4v) is 2.65. The first-order valence-electron chi connectivity index (χ1n) is 5.94. The summed E-state index contributed by atoms with van der Waals surface area (Å²) in [5.74, 6) is -0.493. The molecule has 0 amide bonds. The summed E-state index contributed by atoms with van der Waals surface area (Å²) in [6, 6.07) is 2.14. The van der Waals surface area contributed by atoms with Gasteiger partial charge < -0.3 is 14.3 Å². The van der Waals surface area contributed by atoms with E-state index in [1.807, 2.05) is 0 Å². The van der Waals surface area contributed by atoms with Crippen LogP contribution in [-0.4, -0.2) is 24.3 Å². The molecule has 1 heterocycles. The second-order valence-electron chi connectivity index (χ2n) is 4.60. The Balaban J connectivity index is 2.04. The molecule has 4 heteroatoms. The van der Waals surface area contributed by atoms with Crippen molar-refractivity contribution >= 4 is 6.29 Å². The molecule has 1 saturated heterocycles. The third kappa shape index (κ3) is 2.42. The van der Waals surface area contributed by atoms with Gasteiger partial charge in [0, 0.05) is 25.7 Å². The Kier molecular flexibility index (Phi) is 3.57. The van der Waals surface area contributed by atoms with Crippen molar-refractivity contribution in [3.8, 4) is 6.07 Å². The van der Waals surface area contributed by atoms with E-state index in [9.17, 15) is 4.79 Å². The van der Waals surface area contributed by atoms with E-state index in [2.05, 4.69) is 6.07 Å². The number of carbonyl (C=O) groups excluding carboxylic acids is 1. The number of carbonyl (C=O) groups is 1. The SMILES string of the molecule is N#CCC1CC(CC=O)OC2(CCCC2)O1. The molecule has 0 N–H and O–H groups in total. The Morgan fingerprint density at radius 1 is 1.31 bits per heavy atom. The van der Waals surface area contributed by atoms with Crippen LogP contribution in [0.3, 0.4) is 0 Å². The summed E-state index contributed by atoms with van der Waals surface area (Å²) in [7, 11) is 0. The second kappa shape index (κ2) is 4.94. The van der Waals surface area contributed by atoms with Crippen molar-refractivity contribution in [1.82, 2.24) is 0 Å². The van der Waals surface area contributed by atoms with Crippen LogP contribution in [0.15, 0.2) is 0 Å². The molecule has 1 aliphatic heterocycles. The van der Waals surface area contributed by atoms with Crippen LogP contribution in [-0.2, 0) is 14.3 Å². The van der Waals surface area contributed by atoms with E-state index < -0.39 is 5.79 Å². The van der Waals surface area contributed by atoms with Gasteiger partial charge in [-0.05, 0) is 12.8 Å². The number of hydrogen-bond donors (Lipinski definition) is 0. The summed E-state index contributed by atoms with van der Waals surface area (Å²) in [5, 5.41) is 8.73. The zero-order chi connectivity index (χ0) is 11.4. The van der Waals surface area contributed by atoms with Gasteiger partial charge in [0.25, 0.3) is 0 Å². The molecule has 1 aliphatic carbocycles. The first-order valence-corrected chi connectivity index (χ1v) is 5.94. The van der Waals surface area contributed by atoms with E-state index in [1.165, 1.54) is 0 Å². The van der Waals surface area contributed by atoms with Crippen LogP contribution in [0.25, 0.3) is 0 Å². The van der Waals surface area contributed by atoms with E-state index in [-0.39, 0.29) is 12.2 Å². The molecule has 0 aromatic carbocycles. The van der Waals surface area contributed by atoms with Crippen molar-refractivity contribution in [2.45, 2.75) is 62.9 Å². The van der Waals surface area contributed by atoms with E-state index in [0.717, 1.165) is 32.0 Å². The Labute approximate surface area is 95.5 Å². The summed E-state index contributed by atoms with van der Waals surface area (Å²) < 4.78 is 11.8. The lowest BCUT2D eigenvalue weighted by atomic mass is 10.0. The normalized spacial score (nSPS) is 32.4. The van der Waals surface area contributed by atoms with E-state index in [1.54, 1.807) is 0 Å². The Morgan fingerprint density at radius 2 is 2.00 bits per heavy atom. The molecule has 0 aromatic rings. The van der Waals surface area contributed by atoms with Crippen molar-refractivity contribution < 1.29 is 14.3 Å². The number of rotatable bonds is 3. The molecule has 2 atom stereocenters. The second-order valence-corrected chi connectivity index (χ2v) is 4.60. The molecule has 1 saturated carbocycles. The summed E-state index contributed by atoms with van der Waals surface area (Å²) in [6.45, 7) is 0. The maximum atomic E-state index is 10.6. The predicted octanol–water partition coefficient (Wildman–Crippen LogP) is 1.93. The average Bonchev–Trinajstić information content (AvgIpc) is 2.66. The van der Waals surface area contributed by atoms with Crippen LogP contribution < -0.4 is 0 Å². The Bertz CT molecular complexity index is 291. The molecule has 2 unspecified atom stereocenters. The van der Waals surface area contributed by atoms with E-state index in [0.29, 0.717) is 19.3 Å². The zero-order valence-electron chi connectivity index (χ0n) is 9.35. The minimum atomic E-state index is -0.493. The number of nitrogens with zero attached hydrogens (tertiary/aromatic N) is 1. The molecule has 0 aromatic heterocycles. The third-order valence-electron chi connectivity index (χ3n) is 3.33. The van der Waals surface area contributed by atoms with Crippen LogP contribution in [0.1, 0.15) is 44.9 Å². The highest BCUT2D eigenvalue weighted by molar-refractivity contribution is 5.50. The van der Waals surface area contributed by atoms with Gasteiger partial charge in [0.1, 0.15) is 6.29 Å². The van der Waals surface area contributed by atoms with Gasteiger partial charge >= 0.3 is 0 Å². The molecular formula is C12H17NO3. The summed E-state index contributed by atoms with van der Waals surface area (Å²) >= 11 is 0.